The Morgan fingerprint density at radius 1 is 1.56 bits per heavy atom. The van der Waals surface area contributed by atoms with E-state index in [1.54, 1.807) is 18.2 Å². The molecule has 1 aliphatic heterocycles. The molecule has 4 nitrogen and oxygen atoms in total. The average molecular weight is 302 g/mol. The van der Waals surface area contributed by atoms with E-state index in [-0.39, 0.29) is 12.3 Å². The molecule has 1 aliphatic rings. The van der Waals surface area contributed by atoms with Crippen LogP contribution < -0.4 is 0 Å². The summed E-state index contributed by atoms with van der Waals surface area (Å²) in [7, 11) is 0. The summed E-state index contributed by atoms with van der Waals surface area (Å²) in [5.41, 5.74) is 0.572. The minimum Gasteiger partial charge on any atom is -0.507 e. The zero-order valence-electron chi connectivity index (χ0n) is 8.05. The maximum absolute atomic E-state index is 10.8. The number of hydrogen-bond donors (Lipinski definition) is 2. The van der Waals surface area contributed by atoms with Crippen molar-refractivity contribution in [3.63, 3.8) is 0 Å². The highest BCUT2D eigenvalue weighted by Crippen LogP contribution is 2.31. The van der Waals surface area contributed by atoms with Crippen molar-refractivity contribution in [3.05, 3.63) is 28.2 Å². The molecule has 1 aromatic carbocycles. The largest absolute Gasteiger partial charge is 0.507 e. The van der Waals surface area contributed by atoms with Crippen LogP contribution in [-0.4, -0.2) is 33.0 Å². The summed E-state index contributed by atoms with van der Waals surface area (Å²) in [5, 5.41) is 18.5. The molecule has 0 bridgehead atoms. The van der Waals surface area contributed by atoms with Gasteiger partial charge in [-0.05, 0) is 18.2 Å². The van der Waals surface area contributed by atoms with Crippen LogP contribution in [0.5, 0.6) is 5.75 Å². The van der Waals surface area contributed by atoms with Crippen LogP contribution in [-0.2, 0) is 4.79 Å². The van der Waals surface area contributed by atoms with Crippen molar-refractivity contribution in [2.24, 2.45) is 4.99 Å². The van der Waals surface area contributed by atoms with E-state index in [4.69, 9.17) is 5.11 Å². The van der Waals surface area contributed by atoms with Crippen LogP contribution in [0.15, 0.2) is 27.7 Å². The van der Waals surface area contributed by atoms with Gasteiger partial charge < -0.3 is 10.2 Å². The Bertz CT molecular complexity index is 475. The van der Waals surface area contributed by atoms with Gasteiger partial charge in [0, 0.05) is 10.0 Å². The van der Waals surface area contributed by atoms with Crippen LogP contribution in [0.1, 0.15) is 5.56 Å². The number of phenols is 1. The van der Waals surface area contributed by atoms with Gasteiger partial charge in [0.25, 0.3) is 0 Å². The maximum Gasteiger partial charge on any atom is 0.318 e. The van der Waals surface area contributed by atoms with E-state index in [1.165, 1.54) is 0 Å². The van der Waals surface area contributed by atoms with Crippen molar-refractivity contribution in [1.82, 2.24) is 0 Å². The molecule has 0 saturated carbocycles. The minimum absolute atomic E-state index is 0.112. The van der Waals surface area contributed by atoms with Crippen molar-refractivity contribution < 1.29 is 15.0 Å². The van der Waals surface area contributed by atoms with Gasteiger partial charge in [0.2, 0.25) is 0 Å². The van der Waals surface area contributed by atoms with Gasteiger partial charge in [-0.2, -0.15) is 0 Å². The standard InChI is InChI=1S/C10H8BrNO3S/c11-5-1-2-7(13)6(3-5)9-12-4-8(16-9)10(14)15/h1-3,8,13H,4H2,(H,14,15). The molecule has 1 aromatic rings. The van der Waals surface area contributed by atoms with Crippen LogP contribution in [0, 0.1) is 0 Å². The fraction of sp³-hybridized carbons (Fsp3) is 0.200. The summed E-state index contributed by atoms with van der Waals surface area (Å²) in [6.07, 6.45) is 0. The monoisotopic (exact) mass is 301 g/mol. The zero-order chi connectivity index (χ0) is 11.7. The topological polar surface area (TPSA) is 69.9 Å². The van der Waals surface area contributed by atoms with Crippen LogP contribution in [0.3, 0.4) is 0 Å². The zero-order valence-corrected chi connectivity index (χ0v) is 10.5. The van der Waals surface area contributed by atoms with Crippen molar-refractivity contribution in [2.75, 3.05) is 6.54 Å². The van der Waals surface area contributed by atoms with Gasteiger partial charge in [-0.1, -0.05) is 27.7 Å². The molecule has 0 saturated heterocycles. The third kappa shape index (κ3) is 2.22. The SMILES string of the molecule is O=C(O)C1CN=C(c2cc(Br)ccc2O)S1. The number of aliphatic carboxylic acids is 1. The molecule has 1 unspecified atom stereocenters. The van der Waals surface area contributed by atoms with Gasteiger partial charge in [-0.15, -0.1) is 0 Å². The first-order valence-corrected chi connectivity index (χ1v) is 6.18. The lowest BCUT2D eigenvalue weighted by molar-refractivity contribution is -0.136. The van der Waals surface area contributed by atoms with Crippen molar-refractivity contribution in [1.29, 1.82) is 0 Å². The lowest BCUT2D eigenvalue weighted by Crippen LogP contribution is -2.16. The second-order valence-electron chi connectivity index (χ2n) is 3.25. The molecule has 0 spiro atoms. The first kappa shape index (κ1) is 11.5. The number of hydrogen-bond acceptors (Lipinski definition) is 4. The first-order chi connectivity index (χ1) is 7.58. The maximum atomic E-state index is 10.8. The molecule has 0 aromatic heterocycles. The highest BCUT2D eigenvalue weighted by Gasteiger charge is 2.27. The number of aromatic hydroxyl groups is 1. The van der Waals surface area contributed by atoms with Gasteiger partial charge in [-0.3, -0.25) is 9.79 Å². The molecule has 0 radical (unpaired) electrons. The normalized spacial score (nSPS) is 19.6. The van der Waals surface area contributed by atoms with Crippen molar-refractivity contribution in [3.8, 4) is 5.75 Å². The molecule has 6 heteroatoms. The predicted molar refractivity (Wildman–Crippen MR) is 66.2 cm³/mol. The number of benzene rings is 1. The second-order valence-corrected chi connectivity index (χ2v) is 5.36. The van der Waals surface area contributed by atoms with E-state index in [9.17, 15) is 9.90 Å². The van der Waals surface area contributed by atoms with Gasteiger partial charge in [-0.25, -0.2) is 0 Å². The van der Waals surface area contributed by atoms with Gasteiger partial charge in [0.05, 0.1) is 6.54 Å². The van der Waals surface area contributed by atoms with Crippen molar-refractivity contribution in [2.45, 2.75) is 5.25 Å². The van der Waals surface area contributed by atoms with Gasteiger partial charge in [0.1, 0.15) is 16.0 Å². The summed E-state index contributed by atoms with van der Waals surface area (Å²) >= 11 is 4.46. The number of rotatable bonds is 2. The van der Waals surface area contributed by atoms with E-state index in [2.05, 4.69) is 20.9 Å². The Labute approximate surface area is 105 Å². The number of phenolic OH excluding ortho intramolecular Hbond substituents is 1. The summed E-state index contributed by atoms with van der Waals surface area (Å²) < 4.78 is 0.822. The molecule has 16 heavy (non-hydrogen) atoms. The molecular weight excluding hydrogens is 294 g/mol. The Kier molecular flexibility index (Phi) is 3.20. The predicted octanol–water partition coefficient (Wildman–Crippen LogP) is 2.10. The molecule has 1 atom stereocenters. The molecule has 0 amide bonds. The van der Waals surface area contributed by atoms with E-state index in [0.29, 0.717) is 10.6 Å². The third-order valence-electron chi connectivity index (χ3n) is 2.12. The van der Waals surface area contributed by atoms with Gasteiger partial charge >= 0.3 is 5.97 Å². The van der Waals surface area contributed by atoms with Crippen LogP contribution in [0.25, 0.3) is 0 Å². The Morgan fingerprint density at radius 2 is 2.31 bits per heavy atom. The molecular formula is C10H8BrNO3S. The summed E-state index contributed by atoms with van der Waals surface area (Å²) in [4.78, 5) is 14.9. The van der Waals surface area contributed by atoms with Crippen LogP contribution in [0.2, 0.25) is 0 Å². The number of carboxylic acids is 1. The highest BCUT2D eigenvalue weighted by molar-refractivity contribution is 9.10. The van der Waals surface area contributed by atoms with E-state index in [0.717, 1.165) is 16.2 Å². The van der Waals surface area contributed by atoms with Crippen molar-refractivity contribution >= 4 is 38.7 Å². The van der Waals surface area contributed by atoms with E-state index >= 15 is 0 Å². The van der Waals surface area contributed by atoms with Gasteiger partial charge in [0.15, 0.2) is 0 Å². The molecule has 2 rings (SSSR count). The Balaban J connectivity index is 2.27. The summed E-state index contributed by atoms with van der Waals surface area (Å²) in [5.74, 6) is -0.765. The number of carbonyl (C=O) groups is 1. The second kappa shape index (κ2) is 4.47. The first-order valence-electron chi connectivity index (χ1n) is 4.50. The fourth-order valence-electron chi connectivity index (χ4n) is 1.33. The number of carboxylic acid groups (broad SMARTS) is 1. The lowest BCUT2D eigenvalue weighted by Gasteiger charge is -2.05. The molecule has 2 N–H and O–H groups in total. The van der Waals surface area contributed by atoms with E-state index < -0.39 is 11.2 Å². The molecule has 84 valence electrons. The number of halogens is 1. The fourth-order valence-corrected chi connectivity index (χ4v) is 2.65. The van der Waals surface area contributed by atoms with Crippen LogP contribution >= 0.6 is 27.7 Å². The smallest absolute Gasteiger partial charge is 0.318 e. The average Bonchev–Trinajstić information content (AvgIpc) is 2.70. The number of thioether (sulfide) groups is 1. The number of nitrogens with zero attached hydrogens (tertiary/aromatic N) is 1. The Hall–Kier alpha value is -1.01. The number of aliphatic imine (C=N–C) groups is 1. The molecule has 0 aliphatic carbocycles. The minimum atomic E-state index is -0.877. The van der Waals surface area contributed by atoms with E-state index in [1.807, 2.05) is 0 Å². The summed E-state index contributed by atoms with van der Waals surface area (Å²) in [6, 6.07) is 5.00. The Morgan fingerprint density at radius 3 is 2.94 bits per heavy atom. The summed E-state index contributed by atoms with van der Waals surface area (Å²) in [6.45, 7) is 0.251. The third-order valence-corrected chi connectivity index (χ3v) is 3.82. The highest BCUT2D eigenvalue weighted by atomic mass is 79.9. The lowest BCUT2D eigenvalue weighted by atomic mass is 10.2. The van der Waals surface area contributed by atoms with Crippen LogP contribution in [0.4, 0.5) is 0 Å². The molecule has 1 heterocycles. The molecule has 0 fully saturated rings. The quantitative estimate of drug-likeness (QED) is 0.878.